The molecule has 0 saturated carbocycles. The summed E-state index contributed by atoms with van der Waals surface area (Å²) in [5.41, 5.74) is -0.940. The summed E-state index contributed by atoms with van der Waals surface area (Å²) >= 11 is 5.06. The Bertz CT molecular complexity index is 448. The number of hydrogen-bond acceptors (Lipinski definition) is 3. The quantitative estimate of drug-likeness (QED) is 0.857. The molecule has 5 heteroatoms. The SMILES string of the molecule is CN(CCc1cc(Br)cs1)C(=O)C(C)(C)C#N. The highest BCUT2D eigenvalue weighted by molar-refractivity contribution is 9.10. The Morgan fingerprint density at radius 1 is 1.65 bits per heavy atom. The van der Waals surface area contributed by atoms with E-state index in [1.54, 1.807) is 37.1 Å². The zero-order valence-corrected chi connectivity index (χ0v) is 12.6. The highest BCUT2D eigenvalue weighted by Crippen LogP contribution is 2.21. The molecule has 0 aromatic carbocycles. The van der Waals surface area contributed by atoms with Crippen LogP contribution < -0.4 is 0 Å². The number of nitriles is 1. The van der Waals surface area contributed by atoms with Crippen LogP contribution in [0, 0.1) is 16.7 Å². The van der Waals surface area contributed by atoms with Crippen molar-refractivity contribution < 1.29 is 4.79 Å². The van der Waals surface area contributed by atoms with Gasteiger partial charge in [-0.3, -0.25) is 4.79 Å². The van der Waals surface area contributed by atoms with Crippen molar-refractivity contribution in [3.8, 4) is 6.07 Å². The van der Waals surface area contributed by atoms with E-state index >= 15 is 0 Å². The van der Waals surface area contributed by atoms with Crippen molar-refractivity contribution in [2.45, 2.75) is 20.3 Å². The molecule has 0 bridgehead atoms. The van der Waals surface area contributed by atoms with Gasteiger partial charge in [0.2, 0.25) is 5.91 Å². The fourth-order valence-electron chi connectivity index (χ4n) is 1.39. The van der Waals surface area contributed by atoms with Gasteiger partial charge in [-0.2, -0.15) is 5.26 Å². The van der Waals surface area contributed by atoms with Crippen LogP contribution in [0.3, 0.4) is 0 Å². The Morgan fingerprint density at radius 3 is 2.76 bits per heavy atom. The van der Waals surface area contributed by atoms with E-state index in [-0.39, 0.29) is 5.91 Å². The van der Waals surface area contributed by atoms with Crippen LogP contribution in [0.2, 0.25) is 0 Å². The Hall–Kier alpha value is -0.860. The summed E-state index contributed by atoms with van der Waals surface area (Å²) in [6.45, 7) is 3.93. The largest absolute Gasteiger partial charge is 0.344 e. The lowest BCUT2D eigenvalue weighted by molar-refractivity contribution is -0.136. The molecule has 0 atom stereocenters. The number of carbonyl (C=O) groups is 1. The summed E-state index contributed by atoms with van der Waals surface area (Å²) in [7, 11) is 1.74. The topological polar surface area (TPSA) is 44.1 Å². The number of carbonyl (C=O) groups excluding carboxylic acids is 1. The highest BCUT2D eigenvalue weighted by Gasteiger charge is 2.29. The third-order valence-corrected chi connectivity index (χ3v) is 4.23. The monoisotopic (exact) mass is 314 g/mol. The summed E-state index contributed by atoms with van der Waals surface area (Å²) in [6.07, 6.45) is 0.819. The number of hydrogen-bond donors (Lipinski definition) is 0. The predicted molar refractivity (Wildman–Crippen MR) is 72.8 cm³/mol. The van der Waals surface area contributed by atoms with Gasteiger partial charge in [-0.25, -0.2) is 0 Å². The van der Waals surface area contributed by atoms with Gasteiger partial charge in [0.15, 0.2) is 0 Å². The molecule has 3 nitrogen and oxygen atoms in total. The minimum Gasteiger partial charge on any atom is -0.344 e. The van der Waals surface area contributed by atoms with Crippen LogP contribution in [0.15, 0.2) is 15.9 Å². The molecule has 1 amide bonds. The molecule has 0 spiro atoms. The van der Waals surface area contributed by atoms with Crippen LogP contribution in [0.25, 0.3) is 0 Å². The lowest BCUT2D eigenvalue weighted by Gasteiger charge is -2.23. The maximum atomic E-state index is 11.9. The summed E-state index contributed by atoms with van der Waals surface area (Å²) < 4.78 is 1.07. The smallest absolute Gasteiger partial charge is 0.242 e. The molecule has 92 valence electrons. The van der Waals surface area contributed by atoms with Gasteiger partial charge in [0, 0.05) is 28.3 Å². The fraction of sp³-hybridized carbons (Fsp3) is 0.500. The lowest BCUT2D eigenvalue weighted by Crippen LogP contribution is -2.38. The number of rotatable bonds is 4. The van der Waals surface area contributed by atoms with Crippen molar-refractivity contribution in [3.63, 3.8) is 0 Å². The van der Waals surface area contributed by atoms with Crippen LogP contribution in [0.1, 0.15) is 18.7 Å². The molecule has 1 aromatic heterocycles. The molecular formula is C12H15BrN2OS. The lowest BCUT2D eigenvalue weighted by atomic mass is 9.94. The first kappa shape index (κ1) is 14.2. The second-order valence-corrected chi connectivity index (χ2v) is 6.36. The molecular weight excluding hydrogens is 300 g/mol. The van der Waals surface area contributed by atoms with E-state index in [4.69, 9.17) is 5.26 Å². The molecule has 0 fully saturated rings. The van der Waals surface area contributed by atoms with E-state index in [1.165, 1.54) is 4.88 Å². The molecule has 0 aliphatic heterocycles. The maximum absolute atomic E-state index is 11.9. The average Bonchev–Trinajstić information content (AvgIpc) is 2.71. The Morgan fingerprint density at radius 2 is 2.29 bits per heavy atom. The molecule has 1 heterocycles. The van der Waals surface area contributed by atoms with Crippen molar-refractivity contribution in [2.75, 3.05) is 13.6 Å². The van der Waals surface area contributed by atoms with Gasteiger partial charge in [-0.1, -0.05) is 0 Å². The summed E-state index contributed by atoms with van der Waals surface area (Å²) in [5, 5.41) is 10.9. The van der Waals surface area contributed by atoms with Crippen LogP contribution in [0.4, 0.5) is 0 Å². The van der Waals surface area contributed by atoms with Crippen LogP contribution in [-0.4, -0.2) is 24.4 Å². The Labute approximate surface area is 114 Å². The standard InChI is InChI=1S/C12H15BrN2OS/c1-12(2,8-14)11(16)15(3)5-4-10-6-9(13)7-17-10/h6-7H,4-5H2,1-3H3. The number of halogens is 1. The molecule has 1 aromatic rings. The number of likely N-dealkylation sites (N-methyl/N-ethyl adjacent to an activating group) is 1. The zero-order valence-electron chi connectivity index (χ0n) is 10.2. The van der Waals surface area contributed by atoms with Crippen LogP contribution >= 0.6 is 27.3 Å². The Balaban J connectivity index is 2.53. The second kappa shape index (κ2) is 5.65. The zero-order chi connectivity index (χ0) is 13.1. The average molecular weight is 315 g/mol. The molecule has 0 radical (unpaired) electrons. The first-order chi connectivity index (χ1) is 7.86. The van der Waals surface area contributed by atoms with Gasteiger partial charge in [-0.05, 0) is 42.3 Å². The summed E-state index contributed by atoms with van der Waals surface area (Å²) in [4.78, 5) is 14.8. The van der Waals surface area contributed by atoms with E-state index in [2.05, 4.69) is 22.0 Å². The first-order valence-corrected chi connectivity index (χ1v) is 6.94. The molecule has 0 N–H and O–H groups in total. The first-order valence-electron chi connectivity index (χ1n) is 5.26. The van der Waals surface area contributed by atoms with Gasteiger partial charge in [-0.15, -0.1) is 11.3 Å². The van der Waals surface area contributed by atoms with Crippen molar-refractivity contribution >= 4 is 33.2 Å². The van der Waals surface area contributed by atoms with Gasteiger partial charge in [0.25, 0.3) is 0 Å². The van der Waals surface area contributed by atoms with E-state index in [0.29, 0.717) is 6.54 Å². The highest BCUT2D eigenvalue weighted by atomic mass is 79.9. The van der Waals surface area contributed by atoms with Crippen molar-refractivity contribution in [1.29, 1.82) is 5.26 Å². The van der Waals surface area contributed by atoms with Crippen molar-refractivity contribution in [1.82, 2.24) is 4.90 Å². The van der Waals surface area contributed by atoms with E-state index < -0.39 is 5.41 Å². The fourth-order valence-corrected chi connectivity index (χ4v) is 2.83. The molecule has 0 unspecified atom stereocenters. The molecule has 0 aliphatic carbocycles. The molecule has 17 heavy (non-hydrogen) atoms. The Kier molecular flexibility index (Phi) is 4.72. The van der Waals surface area contributed by atoms with Gasteiger partial charge in [0.05, 0.1) is 6.07 Å². The number of nitrogens with zero attached hydrogens (tertiary/aromatic N) is 2. The third-order valence-electron chi connectivity index (χ3n) is 2.48. The van der Waals surface area contributed by atoms with E-state index in [9.17, 15) is 4.79 Å². The molecule has 0 saturated heterocycles. The van der Waals surface area contributed by atoms with Crippen molar-refractivity contribution in [2.24, 2.45) is 5.41 Å². The van der Waals surface area contributed by atoms with E-state index in [0.717, 1.165) is 10.9 Å². The van der Waals surface area contributed by atoms with E-state index in [1.807, 2.05) is 11.4 Å². The predicted octanol–water partition coefficient (Wildman–Crippen LogP) is 3.06. The maximum Gasteiger partial charge on any atom is 0.242 e. The van der Waals surface area contributed by atoms with Crippen LogP contribution in [-0.2, 0) is 11.2 Å². The number of thiophene rings is 1. The number of amides is 1. The van der Waals surface area contributed by atoms with Crippen LogP contribution in [0.5, 0.6) is 0 Å². The molecule has 0 aliphatic rings. The minimum absolute atomic E-state index is 0.129. The summed E-state index contributed by atoms with van der Waals surface area (Å²) in [5.74, 6) is -0.129. The normalized spacial score (nSPS) is 11.0. The van der Waals surface area contributed by atoms with Crippen molar-refractivity contribution in [3.05, 3.63) is 20.8 Å². The summed E-state index contributed by atoms with van der Waals surface area (Å²) in [6, 6.07) is 4.08. The molecule has 1 rings (SSSR count). The van der Waals surface area contributed by atoms with Gasteiger partial charge >= 0.3 is 0 Å². The third kappa shape index (κ3) is 3.83. The van der Waals surface area contributed by atoms with Gasteiger partial charge in [0.1, 0.15) is 5.41 Å². The second-order valence-electron chi connectivity index (χ2n) is 4.44. The minimum atomic E-state index is -0.940. The van der Waals surface area contributed by atoms with Gasteiger partial charge < -0.3 is 4.90 Å².